The fourth-order valence-electron chi connectivity index (χ4n) is 1.90. The van der Waals surface area contributed by atoms with Crippen molar-refractivity contribution in [1.82, 2.24) is 4.98 Å². The highest BCUT2D eigenvalue weighted by Gasteiger charge is 2.10. The number of hydrogen-bond donors (Lipinski definition) is 1. The van der Waals surface area contributed by atoms with Gasteiger partial charge in [0.25, 0.3) is 0 Å². The van der Waals surface area contributed by atoms with Gasteiger partial charge >= 0.3 is 5.97 Å². The van der Waals surface area contributed by atoms with Crippen LogP contribution in [0.1, 0.15) is 4.88 Å². The Morgan fingerprint density at radius 3 is 2.90 bits per heavy atom. The molecule has 21 heavy (non-hydrogen) atoms. The van der Waals surface area contributed by atoms with E-state index in [1.165, 1.54) is 11.3 Å². The predicted octanol–water partition coefficient (Wildman–Crippen LogP) is 4.82. The number of halogens is 1. The van der Waals surface area contributed by atoms with E-state index in [-0.39, 0.29) is 6.42 Å². The number of nitrogens with zero attached hydrogens (tertiary/aromatic N) is 1. The van der Waals surface area contributed by atoms with Gasteiger partial charge in [-0.25, -0.2) is 4.98 Å². The average Bonchev–Trinajstić information content (AvgIpc) is 3.06. The van der Waals surface area contributed by atoms with Gasteiger partial charge in [-0.15, -0.1) is 22.7 Å². The Morgan fingerprint density at radius 2 is 2.14 bits per heavy atom. The third-order valence-corrected chi connectivity index (χ3v) is 5.05. The molecule has 0 bridgehead atoms. The molecule has 0 radical (unpaired) electrons. The Balaban J connectivity index is 1.88. The summed E-state index contributed by atoms with van der Waals surface area (Å²) in [5.41, 5.74) is 1.86. The minimum atomic E-state index is -0.818. The summed E-state index contributed by atoms with van der Waals surface area (Å²) in [6.07, 6.45) is 0.0515. The van der Waals surface area contributed by atoms with Gasteiger partial charge in [0.2, 0.25) is 0 Å². The molecule has 2 heterocycles. The molecule has 3 rings (SSSR count). The first-order valence-electron chi connectivity index (χ1n) is 6.14. The van der Waals surface area contributed by atoms with E-state index in [4.69, 9.17) is 16.7 Å². The van der Waals surface area contributed by atoms with Crippen molar-refractivity contribution in [2.24, 2.45) is 0 Å². The number of benzene rings is 1. The highest BCUT2D eigenvalue weighted by Crippen LogP contribution is 2.33. The van der Waals surface area contributed by atoms with Gasteiger partial charge in [-0.05, 0) is 24.3 Å². The molecule has 0 aliphatic carbocycles. The monoisotopic (exact) mass is 335 g/mol. The first-order valence-corrected chi connectivity index (χ1v) is 8.21. The van der Waals surface area contributed by atoms with Crippen molar-refractivity contribution < 1.29 is 9.90 Å². The summed E-state index contributed by atoms with van der Waals surface area (Å²) in [7, 11) is 0. The highest BCUT2D eigenvalue weighted by molar-refractivity contribution is 7.16. The molecule has 0 aliphatic heterocycles. The fraction of sp³-hybridized carbons (Fsp3) is 0.0667. The molecule has 0 unspecified atom stereocenters. The van der Waals surface area contributed by atoms with E-state index >= 15 is 0 Å². The highest BCUT2D eigenvalue weighted by atomic mass is 35.5. The van der Waals surface area contributed by atoms with Crippen LogP contribution in [0, 0.1) is 0 Å². The summed E-state index contributed by atoms with van der Waals surface area (Å²) >= 11 is 9.01. The van der Waals surface area contributed by atoms with Gasteiger partial charge in [0.05, 0.1) is 17.0 Å². The molecule has 0 amide bonds. The standard InChI is InChI=1S/C15H10ClNO2S2/c16-10-3-1-2-9(6-10)15-17-12(8-20-15)13-5-4-11(21-13)7-14(18)19/h1-6,8H,7H2,(H,18,19). The summed E-state index contributed by atoms with van der Waals surface area (Å²) in [6, 6.07) is 11.3. The van der Waals surface area contributed by atoms with Crippen molar-refractivity contribution in [2.75, 3.05) is 0 Å². The van der Waals surface area contributed by atoms with E-state index in [1.54, 1.807) is 11.3 Å². The van der Waals surface area contributed by atoms with E-state index in [0.717, 1.165) is 26.0 Å². The van der Waals surface area contributed by atoms with Crippen LogP contribution in [0.4, 0.5) is 0 Å². The zero-order chi connectivity index (χ0) is 14.8. The molecule has 0 saturated carbocycles. The zero-order valence-corrected chi connectivity index (χ0v) is 13.1. The summed E-state index contributed by atoms with van der Waals surface area (Å²) < 4.78 is 0. The number of hydrogen-bond acceptors (Lipinski definition) is 4. The lowest BCUT2D eigenvalue weighted by Crippen LogP contribution is -1.96. The Labute approximate surface area is 134 Å². The molecule has 0 spiro atoms. The number of thiazole rings is 1. The number of aromatic nitrogens is 1. The van der Waals surface area contributed by atoms with Gasteiger partial charge in [0.15, 0.2) is 0 Å². The third kappa shape index (κ3) is 3.32. The van der Waals surface area contributed by atoms with Crippen LogP contribution >= 0.6 is 34.3 Å². The second-order valence-corrected chi connectivity index (χ2v) is 6.85. The normalized spacial score (nSPS) is 10.7. The van der Waals surface area contributed by atoms with Gasteiger partial charge < -0.3 is 5.11 Å². The lowest BCUT2D eigenvalue weighted by Gasteiger charge is -1.96. The van der Waals surface area contributed by atoms with Gasteiger partial charge in [-0.1, -0.05) is 23.7 Å². The zero-order valence-electron chi connectivity index (χ0n) is 10.7. The molecule has 0 aliphatic rings. The molecule has 0 fully saturated rings. The molecule has 6 heteroatoms. The molecule has 1 N–H and O–H groups in total. The van der Waals surface area contributed by atoms with Crippen LogP contribution in [0.25, 0.3) is 21.1 Å². The second kappa shape index (κ2) is 5.97. The molecule has 0 atom stereocenters. The third-order valence-electron chi connectivity index (χ3n) is 2.82. The van der Waals surface area contributed by atoms with Gasteiger partial charge in [0.1, 0.15) is 5.01 Å². The molecule has 3 nitrogen and oxygen atoms in total. The van der Waals surface area contributed by atoms with Crippen molar-refractivity contribution in [2.45, 2.75) is 6.42 Å². The SMILES string of the molecule is O=C(O)Cc1ccc(-c2csc(-c3cccc(Cl)c3)n2)s1. The van der Waals surface area contributed by atoms with E-state index < -0.39 is 5.97 Å². The molecular formula is C15H10ClNO2S2. The number of carboxylic acid groups (broad SMARTS) is 1. The Morgan fingerprint density at radius 1 is 1.29 bits per heavy atom. The number of carbonyl (C=O) groups is 1. The van der Waals surface area contributed by atoms with E-state index in [0.29, 0.717) is 5.02 Å². The number of carboxylic acids is 1. The van der Waals surface area contributed by atoms with Crippen LogP contribution in [0.15, 0.2) is 41.8 Å². The molecular weight excluding hydrogens is 326 g/mol. The van der Waals surface area contributed by atoms with Crippen LogP contribution in [0.5, 0.6) is 0 Å². The van der Waals surface area contributed by atoms with Crippen molar-refractivity contribution in [3.8, 4) is 21.1 Å². The number of rotatable bonds is 4. The Hall–Kier alpha value is -1.69. The summed E-state index contributed by atoms with van der Waals surface area (Å²) in [4.78, 5) is 17.1. The topological polar surface area (TPSA) is 50.2 Å². The van der Waals surface area contributed by atoms with Crippen LogP contribution in [0.2, 0.25) is 5.02 Å². The van der Waals surface area contributed by atoms with Gasteiger partial charge in [-0.2, -0.15) is 0 Å². The Bertz CT molecular complexity index is 794. The van der Waals surface area contributed by atoms with Gasteiger partial charge in [0, 0.05) is 20.8 Å². The lowest BCUT2D eigenvalue weighted by molar-refractivity contribution is -0.136. The minimum absolute atomic E-state index is 0.0515. The Kier molecular flexibility index (Phi) is 4.05. The number of thiophene rings is 1. The molecule has 106 valence electrons. The largest absolute Gasteiger partial charge is 0.481 e. The molecule has 1 aromatic carbocycles. The fourth-order valence-corrected chi connectivity index (χ4v) is 3.94. The second-order valence-electron chi connectivity index (χ2n) is 4.38. The first kappa shape index (κ1) is 14.3. The van der Waals surface area contributed by atoms with Crippen LogP contribution < -0.4 is 0 Å². The van der Waals surface area contributed by atoms with Crippen molar-refractivity contribution in [1.29, 1.82) is 0 Å². The maximum atomic E-state index is 10.7. The van der Waals surface area contributed by atoms with Crippen molar-refractivity contribution in [3.63, 3.8) is 0 Å². The minimum Gasteiger partial charge on any atom is -0.481 e. The summed E-state index contributed by atoms with van der Waals surface area (Å²) in [5, 5.41) is 12.4. The smallest absolute Gasteiger partial charge is 0.308 e. The van der Waals surface area contributed by atoms with E-state index in [1.807, 2.05) is 41.8 Å². The van der Waals surface area contributed by atoms with Gasteiger partial charge in [-0.3, -0.25) is 4.79 Å². The average molecular weight is 336 g/mol. The molecule has 3 aromatic rings. The van der Waals surface area contributed by atoms with Crippen molar-refractivity contribution in [3.05, 3.63) is 51.7 Å². The molecule has 2 aromatic heterocycles. The maximum Gasteiger partial charge on any atom is 0.308 e. The quantitative estimate of drug-likeness (QED) is 0.743. The van der Waals surface area contributed by atoms with Crippen LogP contribution in [0.3, 0.4) is 0 Å². The van der Waals surface area contributed by atoms with Crippen LogP contribution in [-0.4, -0.2) is 16.1 Å². The predicted molar refractivity (Wildman–Crippen MR) is 87.2 cm³/mol. The summed E-state index contributed by atoms with van der Waals surface area (Å²) in [6.45, 7) is 0. The lowest BCUT2D eigenvalue weighted by atomic mass is 10.2. The van der Waals surface area contributed by atoms with Crippen LogP contribution in [-0.2, 0) is 11.2 Å². The maximum absolute atomic E-state index is 10.7. The van der Waals surface area contributed by atoms with E-state index in [9.17, 15) is 4.79 Å². The molecule has 0 saturated heterocycles. The summed E-state index contributed by atoms with van der Waals surface area (Å²) in [5.74, 6) is -0.818. The van der Waals surface area contributed by atoms with Crippen molar-refractivity contribution >= 4 is 40.2 Å². The first-order chi connectivity index (χ1) is 10.1. The van der Waals surface area contributed by atoms with E-state index in [2.05, 4.69) is 4.98 Å². The number of aliphatic carboxylic acids is 1.